The molecule has 30 heavy (non-hydrogen) atoms. The van der Waals surface area contributed by atoms with Gasteiger partial charge in [-0.05, 0) is 99.3 Å². The zero-order chi connectivity index (χ0) is 20.7. The van der Waals surface area contributed by atoms with Crippen LogP contribution in [-0.2, 0) is 17.6 Å². The topological polar surface area (TPSA) is 55.5 Å². The zero-order valence-electron chi connectivity index (χ0n) is 18.4. The van der Waals surface area contributed by atoms with Gasteiger partial charge in [-0.1, -0.05) is 24.3 Å². The Morgan fingerprint density at radius 1 is 1.10 bits per heavy atom. The minimum atomic E-state index is -0.162. The second-order valence-corrected chi connectivity index (χ2v) is 11.3. The molecule has 2 heterocycles. The largest absolute Gasteiger partial charge is 0.508 e. The van der Waals surface area contributed by atoms with E-state index in [2.05, 4.69) is 31.8 Å². The zero-order valence-corrected chi connectivity index (χ0v) is 18.4. The summed E-state index contributed by atoms with van der Waals surface area (Å²) in [6.45, 7) is 4.56. The molecule has 4 aliphatic carbocycles. The molecule has 5 fully saturated rings. The monoisotopic (exact) mass is 405 g/mol. The van der Waals surface area contributed by atoms with E-state index in [1.54, 1.807) is 0 Å². The smallest absolute Gasteiger partial charge is 0.115 e. The molecular weight excluding hydrogens is 370 g/mol. The van der Waals surface area contributed by atoms with E-state index >= 15 is 0 Å². The minimum Gasteiger partial charge on any atom is -0.508 e. The van der Waals surface area contributed by atoms with E-state index in [4.69, 9.17) is 10.5 Å². The van der Waals surface area contributed by atoms with Crippen LogP contribution in [0.5, 0.6) is 5.75 Å². The molecule has 3 nitrogen and oxygen atoms in total. The van der Waals surface area contributed by atoms with Crippen LogP contribution in [0.25, 0.3) is 0 Å². The average Bonchev–Trinajstić information content (AvgIpc) is 2.71. The summed E-state index contributed by atoms with van der Waals surface area (Å²) in [5, 5.41) is 10.1. The molecular formula is C27H35NO2. The van der Waals surface area contributed by atoms with Gasteiger partial charge >= 0.3 is 0 Å². The van der Waals surface area contributed by atoms with E-state index in [9.17, 15) is 5.11 Å². The number of hydrogen-bond donors (Lipinski definition) is 2. The molecule has 6 aliphatic rings. The number of hydrogen-bond acceptors (Lipinski definition) is 3. The number of phenolic OH excluding ortho intramolecular Hbond substituents is 1. The van der Waals surface area contributed by atoms with Crippen molar-refractivity contribution in [1.29, 1.82) is 0 Å². The Hall–Kier alpha value is -1.50. The van der Waals surface area contributed by atoms with Gasteiger partial charge in [0.2, 0.25) is 0 Å². The maximum Gasteiger partial charge on any atom is 0.115 e. The van der Waals surface area contributed by atoms with Gasteiger partial charge in [0.05, 0.1) is 17.1 Å². The summed E-state index contributed by atoms with van der Waals surface area (Å²) in [4.78, 5) is 0. The minimum absolute atomic E-state index is 0.0982. The standard InChI is InChI=1S/C27H35NO2/c1-26(2)24-15-19-10-12-21-18-6-4-7-22(21)27(19,30-26)23(25(24)28)8-3-5-16-14-20(29)11-9-17(16)13-18/h9,11,14,18-19,21-25,29H,4-7,10,12-13,15,28H2,1-2H3. The lowest BCUT2D eigenvalue weighted by molar-refractivity contribution is -0.329. The van der Waals surface area contributed by atoms with E-state index in [0.29, 0.717) is 41.8 Å². The molecule has 0 radical (unpaired) electrons. The van der Waals surface area contributed by atoms with Crippen molar-refractivity contribution in [2.75, 3.05) is 0 Å². The van der Waals surface area contributed by atoms with Crippen molar-refractivity contribution in [3.63, 3.8) is 0 Å². The van der Waals surface area contributed by atoms with Crippen LogP contribution in [0.2, 0.25) is 0 Å². The third-order valence-electron chi connectivity index (χ3n) is 9.69. The van der Waals surface area contributed by atoms with Crippen LogP contribution in [-0.4, -0.2) is 22.4 Å². The molecule has 3 N–H and O–H groups in total. The summed E-state index contributed by atoms with van der Waals surface area (Å²) in [6.07, 6.45) is 9.51. The highest BCUT2D eigenvalue weighted by molar-refractivity contribution is 5.39. The maximum absolute atomic E-state index is 10.1. The molecule has 3 heteroatoms. The van der Waals surface area contributed by atoms with Crippen LogP contribution in [0.15, 0.2) is 18.2 Å². The first-order valence-corrected chi connectivity index (χ1v) is 12.1. The Morgan fingerprint density at radius 2 is 1.97 bits per heavy atom. The van der Waals surface area contributed by atoms with Gasteiger partial charge in [-0.2, -0.15) is 0 Å². The Labute approximate surface area is 180 Å². The third kappa shape index (κ3) is 2.53. The molecule has 8 unspecified atom stereocenters. The molecule has 7 rings (SSSR count). The van der Waals surface area contributed by atoms with Crippen molar-refractivity contribution in [3.05, 3.63) is 29.3 Å². The van der Waals surface area contributed by atoms with Gasteiger partial charge in [0.1, 0.15) is 5.75 Å². The van der Waals surface area contributed by atoms with Crippen molar-refractivity contribution in [2.24, 2.45) is 41.2 Å². The molecule has 0 amide bonds. The van der Waals surface area contributed by atoms with Crippen molar-refractivity contribution in [3.8, 4) is 17.6 Å². The van der Waals surface area contributed by atoms with Crippen LogP contribution in [0.1, 0.15) is 63.5 Å². The molecule has 1 spiro atoms. The number of nitrogens with two attached hydrogens (primary N) is 1. The first-order valence-electron chi connectivity index (χ1n) is 12.1. The molecule has 0 aromatic heterocycles. The predicted molar refractivity (Wildman–Crippen MR) is 118 cm³/mol. The molecule has 2 aliphatic heterocycles. The Morgan fingerprint density at radius 3 is 2.83 bits per heavy atom. The van der Waals surface area contributed by atoms with Crippen molar-refractivity contribution in [2.45, 2.75) is 82.5 Å². The van der Waals surface area contributed by atoms with Crippen LogP contribution in [0.3, 0.4) is 0 Å². The average molecular weight is 406 g/mol. The highest BCUT2D eigenvalue weighted by Gasteiger charge is 2.69. The molecule has 3 saturated carbocycles. The van der Waals surface area contributed by atoms with Crippen LogP contribution < -0.4 is 5.73 Å². The van der Waals surface area contributed by atoms with Gasteiger partial charge in [-0.3, -0.25) is 0 Å². The van der Waals surface area contributed by atoms with Gasteiger partial charge in [-0.15, -0.1) is 0 Å². The van der Waals surface area contributed by atoms with Gasteiger partial charge < -0.3 is 15.6 Å². The van der Waals surface area contributed by atoms with Crippen molar-refractivity contribution >= 4 is 0 Å². The lowest BCUT2D eigenvalue weighted by Gasteiger charge is -2.70. The normalized spacial score (nSPS) is 45.5. The fraction of sp³-hybridized carbons (Fsp3) is 0.704. The second kappa shape index (κ2) is 6.50. The van der Waals surface area contributed by atoms with E-state index in [0.717, 1.165) is 6.42 Å². The molecule has 1 aromatic carbocycles. The van der Waals surface area contributed by atoms with Crippen molar-refractivity contribution < 1.29 is 9.84 Å². The molecule has 8 atom stereocenters. The van der Waals surface area contributed by atoms with Gasteiger partial charge in [0, 0.05) is 18.4 Å². The highest BCUT2D eigenvalue weighted by atomic mass is 16.5. The fourth-order valence-corrected chi connectivity index (χ4v) is 8.54. The first kappa shape index (κ1) is 19.2. The number of benzene rings is 1. The summed E-state index contributed by atoms with van der Waals surface area (Å²) < 4.78 is 7.20. The van der Waals surface area contributed by atoms with E-state index in [1.807, 2.05) is 12.1 Å². The lowest BCUT2D eigenvalue weighted by Crippen LogP contribution is -2.76. The summed E-state index contributed by atoms with van der Waals surface area (Å²) in [5.41, 5.74) is 9.26. The number of ether oxygens (including phenoxy) is 1. The number of rotatable bonds is 0. The second-order valence-electron chi connectivity index (χ2n) is 11.3. The number of fused-ring (bicyclic) bond motifs is 2. The fourth-order valence-electron chi connectivity index (χ4n) is 8.54. The SMILES string of the molecule is CC1(C)OC23C4CCC5C(CCCC52)Cc2ccc(O)cc2CC#CC3C(N)C1C4. The van der Waals surface area contributed by atoms with Gasteiger partial charge in [0.15, 0.2) is 0 Å². The first-order chi connectivity index (χ1) is 14.4. The summed E-state index contributed by atoms with van der Waals surface area (Å²) in [6, 6.07) is 6.02. The molecule has 160 valence electrons. The van der Waals surface area contributed by atoms with Gasteiger partial charge in [-0.25, -0.2) is 0 Å². The summed E-state index contributed by atoms with van der Waals surface area (Å²) in [7, 11) is 0. The lowest BCUT2D eigenvalue weighted by atomic mass is 9.44. The third-order valence-corrected chi connectivity index (χ3v) is 9.69. The summed E-state index contributed by atoms with van der Waals surface area (Å²) >= 11 is 0. The Bertz CT molecular complexity index is 927. The molecule has 2 saturated heterocycles. The number of aromatic hydroxyl groups is 1. The maximum atomic E-state index is 10.1. The number of phenols is 1. The van der Waals surface area contributed by atoms with E-state index < -0.39 is 0 Å². The highest BCUT2D eigenvalue weighted by Crippen LogP contribution is 2.65. The van der Waals surface area contributed by atoms with E-state index in [1.165, 1.54) is 49.7 Å². The Kier molecular flexibility index (Phi) is 4.16. The molecule has 1 aromatic rings. The van der Waals surface area contributed by atoms with E-state index in [-0.39, 0.29) is 23.2 Å². The molecule has 5 bridgehead atoms. The Balaban J connectivity index is 1.52. The van der Waals surface area contributed by atoms with Crippen LogP contribution in [0.4, 0.5) is 0 Å². The van der Waals surface area contributed by atoms with Crippen LogP contribution in [0, 0.1) is 47.3 Å². The summed E-state index contributed by atoms with van der Waals surface area (Å²) in [5.74, 6) is 10.7. The predicted octanol–water partition coefficient (Wildman–Crippen LogP) is 4.45. The van der Waals surface area contributed by atoms with Crippen molar-refractivity contribution in [1.82, 2.24) is 0 Å². The van der Waals surface area contributed by atoms with Crippen LogP contribution >= 0.6 is 0 Å². The quantitative estimate of drug-likeness (QED) is 0.627. The van der Waals surface area contributed by atoms with Gasteiger partial charge in [0.25, 0.3) is 0 Å².